The van der Waals surface area contributed by atoms with Crippen molar-refractivity contribution in [1.82, 2.24) is 4.90 Å². The zero-order valence-electron chi connectivity index (χ0n) is 16.2. The average Bonchev–Trinajstić information content (AvgIpc) is 3.12. The highest BCUT2D eigenvalue weighted by Gasteiger charge is 2.31. The van der Waals surface area contributed by atoms with Crippen molar-refractivity contribution in [3.63, 3.8) is 0 Å². The molecule has 1 unspecified atom stereocenters. The van der Waals surface area contributed by atoms with Gasteiger partial charge in [0.25, 0.3) is 5.91 Å². The Morgan fingerprint density at radius 1 is 1.21 bits per heavy atom. The van der Waals surface area contributed by atoms with Crippen LogP contribution in [0.15, 0.2) is 40.9 Å². The van der Waals surface area contributed by atoms with Gasteiger partial charge in [-0.2, -0.15) is 0 Å². The smallest absolute Gasteiger partial charge is 0.255 e. The van der Waals surface area contributed by atoms with Crippen LogP contribution in [0.25, 0.3) is 0 Å². The molecule has 1 atom stereocenters. The minimum atomic E-state index is -0.106. The molecule has 2 aromatic rings. The molecule has 2 aromatic carbocycles. The van der Waals surface area contributed by atoms with Gasteiger partial charge in [0.15, 0.2) is 0 Å². The van der Waals surface area contributed by atoms with E-state index in [1.165, 1.54) is 30.5 Å². The van der Waals surface area contributed by atoms with Crippen molar-refractivity contribution in [2.24, 2.45) is 0 Å². The summed E-state index contributed by atoms with van der Waals surface area (Å²) in [5.41, 5.74) is 4.29. The molecule has 150 valence electrons. The lowest BCUT2D eigenvalue weighted by Gasteiger charge is -2.32. The Labute approximate surface area is 181 Å². The Bertz CT molecular complexity index is 872. The van der Waals surface area contributed by atoms with Crippen molar-refractivity contribution in [2.75, 3.05) is 18.4 Å². The van der Waals surface area contributed by atoms with Gasteiger partial charge in [0.05, 0.1) is 10.6 Å². The predicted molar refractivity (Wildman–Crippen MR) is 119 cm³/mol. The molecule has 1 amide bonds. The van der Waals surface area contributed by atoms with Crippen LogP contribution in [0, 0.1) is 0 Å². The van der Waals surface area contributed by atoms with Gasteiger partial charge in [-0.05, 0) is 97.0 Å². The minimum absolute atomic E-state index is 0. The molecule has 1 fully saturated rings. The summed E-state index contributed by atoms with van der Waals surface area (Å²) in [6.07, 6.45) is 3.67. The molecule has 0 bridgehead atoms. The Hall–Kier alpha value is -1.56. The first-order valence-electron chi connectivity index (χ1n) is 9.65. The maximum absolute atomic E-state index is 12.7. The number of amides is 1. The highest BCUT2D eigenvalue weighted by Crippen LogP contribution is 2.38. The summed E-state index contributed by atoms with van der Waals surface area (Å²) in [6, 6.07) is 12.3. The van der Waals surface area contributed by atoms with E-state index >= 15 is 0 Å². The first kappa shape index (κ1) is 21.2. The Balaban J connectivity index is 0.00000225. The zero-order valence-corrected chi connectivity index (χ0v) is 18.6. The number of anilines is 1. The lowest BCUT2D eigenvalue weighted by Crippen LogP contribution is -2.31. The van der Waals surface area contributed by atoms with E-state index in [0.717, 1.165) is 28.9 Å². The van der Waals surface area contributed by atoms with Gasteiger partial charge in [0.1, 0.15) is 5.75 Å². The van der Waals surface area contributed by atoms with E-state index in [1.54, 1.807) is 6.07 Å². The van der Waals surface area contributed by atoms with Gasteiger partial charge in [0, 0.05) is 23.8 Å². The molecule has 2 aliphatic heterocycles. The van der Waals surface area contributed by atoms with Gasteiger partial charge in [-0.15, -0.1) is 12.4 Å². The lowest BCUT2D eigenvalue weighted by molar-refractivity contribution is 0.102. The van der Waals surface area contributed by atoms with Crippen molar-refractivity contribution >= 4 is 39.9 Å². The Morgan fingerprint density at radius 2 is 2.04 bits per heavy atom. The summed E-state index contributed by atoms with van der Waals surface area (Å²) in [7, 11) is 0. The van der Waals surface area contributed by atoms with Crippen molar-refractivity contribution in [2.45, 2.75) is 45.3 Å². The van der Waals surface area contributed by atoms with E-state index in [0.29, 0.717) is 11.6 Å². The normalized spacial score (nSPS) is 18.2. The summed E-state index contributed by atoms with van der Waals surface area (Å²) in [5, 5.41) is 3.06. The van der Waals surface area contributed by atoms with Gasteiger partial charge >= 0.3 is 0 Å². The number of rotatable bonds is 4. The van der Waals surface area contributed by atoms with Crippen LogP contribution in [-0.2, 0) is 6.42 Å². The van der Waals surface area contributed by atoms with E-state index in [9.17, 15) is 4.79 Å². The van der Waals surface area contributed by atoms with Crippen LogP contribution in [0.2, 0.25) is 0 Å². The molecule has 0 saturated carbocycles. The monoisotopic (exact) mass is 464 g/mol. The number of nitrogens with zero attached hydrogens (tertiary/aromatic N) is 1. The van der Waals surface area contributed by atoms with Gasteiger partial charge in [-0.3, -0.25) is 9.69 Å². The molecule has 0 radical (unpaired) electrons. The van der Waals surface area contributed by atoms with Crippen LogP contribution >= 0.6 is 28.3 Å². The predicted octanol–water partition coefficient (Wildman–Crippen LogP) is 5.60. The molecule has 0 aromatic heterocycles. The molecular weight excluding hydrogens is 440 g/mol. The van der Waals surface area contributed by atoms with Gasteiger partial charge < -0.3 is 10.1 Å². The van der Waals surface area contributed by atoms with Crippen LogP contribution in [0.3, 0.4) is 0 Å². The largest absolute Gasteiger partial charge is 0.490 e. The number of nitrogens with one attached hydrogen (secondary N) is 1. The topological polar surface area (TPSA) is 41.6 Å². The van der Waals surface area contributed by atoms with Crippen molar-refractivity contribution in [3.8, 4) is 5.75 Å². The third-order valence-corrected chi connectivity index (χ3v) is 5.97. The molecule has 2 heterocycles. The number of hydrogen-bond donors (Lipinski definition) is 1. The fraction of sp³-hybridized carbons (Fsp3) is 0.409. The summed E-state index contributed by atoms with van der Waals surface area (Å²) in [5.74, 6) is 0.641. The molecule has 1 saturated heterocycles. The number of hydrogen-bond acceptors (Lipinski definition) is 3. The number of fused-ring (bicyclic) bond motifs is 3. The maximum atomic E-state index is 12.7. The van der Waals surface area contributed by atoms with E-state index in [1.807, 2.05) is 32.0 Å². The highest BCUT2D eigenvalue weighted by molar-refractivity contribution is 9.10. The standard InChI is InChI=1S/C22H25BrN2O2.ClH/c1-14(2)27-21-8-6-16(12-19(21)23)22(26)24-17-7-5-15-9-11-25-10-3-4-20(25)18(15)13-17;/h5-8,12-14,20H,3-4,9-11H2,1-2H3,(H,24,26);1H. The van der Waals surface area contributed by atoms with Crippen molar-refractivity contribution in [3.05, 3.63) is 57.6 Å². The third-order valence-electron chi connectivity index (χ3n) is 5.35. The minimum Gasteiger partial charge on any atom is -0.490 e. The van der Waals surface area contributed by atoms with E-state index in [4.69, 9.17) is 4.74 Å². The highest BCUT2D eigenvalue weighted by atomic mass is 79.9. The molecule has 1 N–H and O–H groups in total. The summed E-state index contributed by atoms with van der Waals surface area (Å²) in [4.78, 5) is 15.3. The van der Waals surface area contributed by atoms with Crippen molar-refractivity contribution < 1.29 is 9.53 Å². The number of benzene rings is 2. The maximum Gasteiger partial charge on any atom is 0.255 e. The van der Waals surface area contributed by atoms with Crippen LogP contribution < -0.4 is 10.1 Å². The first-order valence-corrected chi connectivity index (χ1v) is 10.4. The number of halogens is 2. The summed E-state index contributed by atoms with van der Waals surface area (Å²) >= 11 is 3.50. The fourth-order valence-electron chi connectivity index (χ4n) is 4.12. The average molecular weight is 466 g/mol. The first-order chi connectivity index (χ1) is 13.0. The van der Waals surface area contributed by atoms with Gasteiger partial charge in [0.2, 0.25) is 0 Å². The van der Waals surface area contributed by atoms with Gasteiger partial charge in [-0.1, -0.05) is 6.07 Å². The lowest BCUT2D eigenvalue weighted by atomic mass is 9.92. The molecule has 4 rings (SSSR count). The number of ether oxygens (including phenoxy) is 1. The third kappa shape index (κ3) is 4.37. The summed E-state index contributed by atoms with van der Waals surface area (Å²) < 4.78 is 6.50. The second kappa shape index (κ2) is 8.85. The molecule has 6 heteroatoms. The second-order valence-electron chi connectivity index (χ2n) is 7.62. The summed E-state index contributed by atoms with van der Waals surface area (Å²) in [6.45, 7) is 6.31. The van der Waals surface area contributed by atoms with E-state index in [2.05, 4.69) is 38.3 Å². The van der Waals surface area contributed by atoms with E-state index in [-0.39, 0.29) is 24.4 Å². The van der Waals surface area contributed by atoms with Gasteiger partial charge in [-0.25, -0.2) is 0 Å². The van der Waals surface area contributed by atoms with E-state index < -0.39 is 0 Å². The molecule has 28 heavy (non-hydrogen) atoms. The molecule has 0 aliphatic carbocycles. The SMILES string of the molecule is CC(C)Oc1ccc(C(=O)Nc2ccc3c(c2)C2CCCN2CC3)cc1Br.Cl. The van der Waals surface area contributed by atoms with Crippen molar-refractivity contribution in [1.29, 1.82) is 0 Å². The molecule has 2 aliphatic rings. The quantitative estimate of drug-likeness (QED) is 0.639. The Morgan fingerprint density at radius 3 is 2.79 bits per heavy atom. The molecule has 4 nitrogen and oxygen atoms in total. The van der Waals surface area contributed by atoms with Crippen LogP contribution in [0.5, 0.6) is 5.75 Å². The number of carbonyl (C=O) groups is 1. The molecular formula is C22H26BrClN2O2. The fourth-order valence-corrected chi connectivity index (χ4v) is 4.59. The zero-order chi connectivity index (χ0) is 19.0. The molecule has 0 spiro atoms. The van der Waals surface area contributed by atoms with Crippen LogP contribution in [0.1, 0.15) is 54.2 Å². The van der Waals surface area contributed by atoms with Crippen LogP contribution in [-0.4, -0.2) is 30.0 Å². The Kier molecular flexibility index (Phi) is 6.69. The van der Waals surface area contributed by atoms with Crippen LogP contribution in [0.4, 0.5) is 5.69 Å². The number of carbonyl (C=O) groups excluding carboxylic acids is 1. The second-order valence-corrected chi connectivity index (χ2v) is 8.48.